The minimum absolute atomic E-state index is 0.205. The Hall–Kier alpha value is -2.40. The zero-order valence-corrected chi connectivity index (χ0v) is 12.6. The van der Waals surface area contributed by atoms with E-state index >= 15 is 0 Å². The summed E-state index contributed by atoms with van der Waals surface area (Å²) in [7, 11) is 0. The Morgan fingerprint density at radius 2 is 1.86 bits per heavy atom. The molecule has 0 saturated carbocycles. The summed E-state index contributed by atoms with van der Waals surface area (Å²) in [6.07, 6.45) is 1.56. The Balaban J connectivity index is 1.90. The Bertz CT molecular complexity index is 833. The Labute approximate surface area is 130 Å². The van der Waals surface area contributed by atoms with Gasteiger partial charge in [0.05, 0.1) is 5.56 Å². The van der Waals surface area contributed by atoms with Crippen LogP contribution in [-0.2, 0) is 0 Å². The van der Waals surface area contributed by atoms with Gasteiger partial charge in [0.1, 0.15) is 5.82 Å². The summed E-state index contributed by atoms with van der Waals surface area (Å²) >= 11 is 3.28. The molecule has 104 valence electrons. The lowest BCUT2D eigenvalue weighted by atomic mass is 10.1. The summed E-state index contributed by atoms with van der Waals surface area (Å²) in [5.74, 6) is -0.0759. The van der Waals surface area contributed by atoms with Gasteiger partial charge in [-0.05, 0) is 44.9 Å². The molecule has 0 radical (unpaired) electrons. The van der Waals surface area contributed by atoms with Crippen molar-refractivity contribution < 1.29 is 4.79 Å². The fraction of sp³-hybridized carbons (Fsp3) is 0. The van der Waals surface area contributed by atoms with E-state index in [0.29, 0.717) is 10.0 Å². The molecule has 3 N–H and O–H groups in total. The molecule has 0 spiro atoms. The second kappa shape index (κ2) is 5.54. The van der Waals surface area contributed by atoms with E-state index in [0.717, 1.165) is 16.5 Å². The predicted molar refractivity (Wildman–Crippen MR) is 88.3 cm³/mol. The van der Waals surface area contributed by atoms with Gasteiger partial charge in [0.2, 0.25) is 0 Å². The smallest absolute Gasteiger partial charge is 0.259 e. The van der Waals surface area contributed by atoms with Crippen molar-refractivity contribution in [3.63, 3.8) is 0 Å². The van der Waals surface area contributed by atoms with E-state index in [-0.39, 0.29) is 11.7 Å². The molecule has 0 aliphatic heterocycles. The third-order valence-electron chi connectivity index (χ3n) is 3.14. The zero-order chi connectivity index (χ0) is 14.8. The number of nitrogens with one attached hydrogen (secondary N) is 1. The monoisotopic (exact) mass is 341 g/mol. The number of carbonyl (C=O) groups excluding carboxylic acids is 1. The fourth-order valence-electron chi connectivity index (χ4n) is 2.10. The number of carbonyl (C=O) groups is 1. The van der Waals surface area contributed by atoms with Crippen molar-refractivity contribution in [2.45, 2.75) is 0 Å². The molecule has 2 aromatic carbocycles. The molecule has 0 aliphatic carbocycles. The molecule has 5 heteroatoms. The summed E-state index contributed by atoms with van der Waals surface area (Å²) in [5.41, 5.74) is 6.81. The molecular weight excluding hydrogens is 330 g/mol. The molecule has 4 nitrogen and oxygen atoms in total. The van der Waals surface area contributed by atoms with Crippen molar-refractivity contribution >= 4 is 44.1 Å². The first-order valence-electron chi connectivity index (χ1n) is 6.34. The third kappa shape index (κ3) is 2.87. The van der Waals surface area contributed by atoms with E-state index in [1.807, 2.05) is 42.5 Å². The number of halogens is 1. The maximum Gasteiger partial charge on any atom is 0.259 e. The van der Waals surface area contributed by atoms with E-state index in [4.69, 9.17) is 5.73 Å². The highest BCUT2D eigenvalue weighted by atomic mass is 79.9. The van der Waals surface area contributed by atoms with Gasteiger partial charge >= 0.3 is 0 Å². The molecule has 0 atom stereocenters. The van der Waals surface area contributed by atoms with E-state index in [9.17, 15) is 4.79 Å². The van der Waals surface area contributed by atoms with E-state index in [1.54, 1.807) is 12.3 Å². The largest absolute Gasteiger partial charge is 0.383 e. The molecule has 0 aliphatic rings. The summed E-state index contributed by atoms with van der Waals surface area (Å²) < 4.78 is 0.709. The van der Waals surface area contributed by atoms with Crippen LogP contribution in [0.3, 0.4) is 0 Å². The number of nitrogen functional groups attached to an aromatic ring is 1. The highest BCUT2D eigenvalue weighted by Crippen LogP contribution is 2.21. The average Bonchev–Trinajstić information content (AvgIpc) is 2.49. The Morgan fingerprint density at radius 3 is 2.67 bits per heavy atom. The zero-order valence-electron chi connectivity index (χ0n) is 11.0. The lowest BCUT2D eigenvalue weighted by Crippen LogP contribution is -2.14. The molecule has 0 fully saturated rings. The number of rotatable bonds is 2. The number of aromatic nitrogens is 1. The highest BCUT2D eigenvalue weighted by molar-refractivity contribution is 9.10. The number of pyridine rings is 1. The number of hydrogen-bond acceptors (Lipinski definition) is 3. The Morgan fingerprint density at radius 1 is 1.10 bits per heavy atom. The second-order valence-electron chi connectivity index (χ2n) is 4.60. The number of nitrogens with two attached hydrogens (primary N) is 1. The first kappa shape index (κ1) is 13.6. The maximum atomic E-state index is 12.3. The number of nitrogens with zero attached hydrogens (tertiary/aromatic N) is 1. The summed E-state index contributed by atoms with van der Waals surface area (Å²) in [5, 5.41) is 5.03. The minimum atomic E-state index is -0.281. The van der Waals surface area contributed by atoms with E-state index < -0.39 is 0 Å². The molecule has 21 heavy (non-hydrogen) atoms. The first-order valence-corrected chi connectivity index (χ1v) is 7.14. The van der Waals surface area contributed by atoms with Gasteiger partial charge in [-0.2, -0.15) is 0 Å². The topological polar surface area (TPSA) is 68.0 Å². The number of anilines is 2. The van der Waals surface area contributed by atoms with Crippen molar-refractivity contribution in [2.24, 2.45) is 0 Å². The molecule has 1 aromatic heterocycles. The second-order valence-corrected chi connectivity index (χ2v) is 5.52. The van der Waals surface area contributed by atoms with E-state index in [1.165, 1.54) is 0 Å². The van der Waals surface area contributed by atoms with Crippen LogP contribution in [0, 0.1) is 0 Å². The fourth-order valence-corrected chi connectivity index (χ4v) is 2.43. The lowest BCUT2D eigenvalue weighted by molar-refractivity contribution is 0.102. The molecule has 0 bridgehead atoms. The number of hydrogen-bond donors (Lipinski definition) is 2. The van der Waals surface area contributed by atoms with Crippen LogP contribution in [0.15, 0.2) is 59.2 Å². The molecule has 1 amide bonds. The van der Waals surface area contributed by atoms with Crippen molar-refractivity contribution in [1.29, 1.82) is 0 Å². The van der Waals surface area contributed by atoms with Gasteiger partial charge in [-0.3, -0.25) is 4.79 Å². The van der Waals surface area contributed by atoms with Crippen molar-refractivity contribution in [3.8, 4) is 0 Å². The molecule has 3 rings (SSSR count). The van der Waals surface area contributed by atoms with Gasteiger partial charge < -0.3 is 11.1 Å². The third-order valence-corrected chi connectivity index (χ3v) is 3.57. The summed E-state index contributed by atoms with van der Waals surface area (Å²) in [6, 6.07) is 15.4. The van der Waals surface area contributed by atoms with Crippen molar-refractivity contribution in [3.05, 3.63) is 64.8 Å². The molecule has 0 unspecified atom stereocenters. The van der Waals surface area contributed by atoms with Crippen molar-refractivity contribution in [1.82, 2.24) is 4.98 Å². The van der Waals surface area contributed by atoms with Crippen LogP contribution in [0.25, 0.3) is 10.8 Å². The number of fused-ring (bicyclic) bond motifs is 1. The van der Waals surface area contributed by atoms with Gasteiger partial charge in [-0.15, -0.1) is 0 Å². The standard InChI is InChI=1S/C16H12BrN3O/c17-12-8-14(15(18)19-9-12)16(21)20-13-6-5-10-3-1-2-4-11(10)7-13/h1-9H,(H2,18,19)(H,20,21). The van der Waals surface area contributed by atoms with Gasteiger partial charge in [-0.1, -0.05) is 30.3 Å². The predicted octanol–water partition coefficient (Wildman–Crippen LogP) is 3.83. The molecule has 0 saturated heterocycles. The quantitative estimate of drug-likeness (QED) is 0.744. The van der Waals surface area contributed by atoms with Crippen LogP contribution in [0.4, 0.5) is 11.5 Å². The van der Waals surface area contributed by atoms with Gasteiger partial charge in [0.15, 0.2) is 0 Å². The van der Waals surface area contributed by atoms with Gasteiger partial charge in [0.25, 0.3) is 5.91 Å². The van der Waals surface area contributed by atoms with Crippen LogP contribution in [0.2, 0.25) is 0 Å². The summed E-state index contributed by atoms with van der Waals surface area (Å²) in [6.45, 7) is 0. The molecule has 1 heterocycles. The van der Waals surface area contributed by atoms with Crippen LogP contribution in [0.5, 0.6) is 0 Å². The summed E-state index contributed by atoms with van der Waals surface area (Å²) in [4.78, 5) is 16.2. The average molecular weight is 342 g/mol. The minimum Gasteiger partial charge on any atom is -0.383 e. The maximum absolute atomic E-state index is 12.3. The normalized spacial score (nSPS) is 10.5. The SMILES string of the molecule is Nc1ncc(Br)cc1C(=O)Nc1ccc2ccccc2c1. The van der Waals surface area contributed by atoms with E-state index in [2.05, 4.69) is 26.2 Å². The van der Waals surface area contributed by atoms with Crippen LogP contribution in [0.1, 0.15) is 10.4 Å². The number of benzene rings is 2. The first-order chi connectivity index (χ1) is 10.1. The Kier molecular flexibility index (Phi) is 3.58. The van der Waals surface area contributed by atoms with Gasteiger partial charge in [0, 0.05) is 16.4 Å². The van der Waals surface area contributed by atoms with Crippen LogP contribution < -0.4 is 11.1 Å². The molecular formula is C16H12BrN3O. The van der Waals surface area contributed by atoms with Crippen LogP contribution >= 0.6 is 15.9 Å². The van der Waals surface area contributed by atoms with Gasteiger partial charge in [-0.25, -0.2) is 4.98 Å². The lowest BCUT2D eigenvalue weighted by Gasteiger charge is -2.08. The molecule has 3 aromatic rings. The highest BCUT2D eigenvalue weighted by Gasteiger charge is 2.11. The van der Waals surface area contributed by atoms with Crippen molar-refractivity contribution in [2.75, 3.05) is 11.1 Å². The number of amides is 1. The van der Waals surface area contributed by atoms with Crippen LogP contribution in [-0.4, -0.2) is 10.9 Å².